The largest absolute Gasteiger partial charge is 0.357 e. The van der Waals surface area contributed by atoms with Crippen molar-refractivity contribution in [2.45, 2.75) is 46.1 Å². The summed E-state index contributed by atoms with van der Waals surface area (Å²) in [6.45, 7) is 10.0. The first kappa shape index (κ1) is 22.0. The summed E-state index contributed by atoms with van der Waals surface area (Å²) >= 11 is 0. The minimum absolute atomic E-state index is 0.417. The van der Waals surface area contributed by atoms with E-state index in [-0.39, 0.29) is 0 Å². The highest BCUT2D eigenvalue weighted by molar-refractivity contribution is 5.80. The molecule has 1 N–H and O–H groups in total. The number of hydrogen-bond donors (Lipinski definition) is 1. The van der Waals surface area contributed by atoms with Gasteiger partial charge in [0.2, 0.25) is 0 Å². The molecule has 2 aromatic heterocycles. The van der Waals surface area contributed by atoms with Crippen molar-refractivity contribution < 1.29 is 4.52 Å². The lowest BCUT2D eigenvalue weighted by molar-refractivity contribution is 0.189. The van der Waals surface area contributed by atoms with Crippen LogP contribution < -0.4 is 5.32 Å². The maximum Gasteiger partial charge on any atom is 0.257 e. The number of imidazole rings is 1. The van der Waals surface area contributed by atoms with Crippen LogP contribution in [0.5, 0.6) is 0 Å². The number of hydrogen-bond acceptors (Lipinski definition) is 5. The topological polar surface area (TPSA) is 84.4 Å². The van der Waals surface area contributed by atoms with Gasteiger partial charge in [-0.3, -0.25) is 4.99 Å². The molecule has 170 valence electrons. The molecular formula is C24H33N7O. The first-order chi connectivity index (χ1) is 15.7. The average molecular weight is 436 g/mol. The smallest absolute Gasteiger partial charge is 0.257 e. The zero-order valence-corrected chi connectivity index (χ0v) is 19.2. The monoisotopic (exact) mass is 435 g/mol. The van der Waals surface area contributed by atoms with Crippen LogP contribution in [0.15, 0.2) is 52.5 Å². The highest BCUT2D eigenvalue weighted by Gasteiger charge is 2.28. The Labute approximate surface area is 189 Å². The zero-order valence-electron chi connectivity index (χ0n) is 19.2. The van der Waals surface area contributed by atoms with Gasteiger partial charge in [-0.25, -0.2) is 4.98 Å². The second-order valence-corrected chi connectivity index (χ2v) is 8.34. The summed E-state index contributed by atoms with van der Waals surface area (Å²) in [5, 5.41) is 7.45. The summed E-state index contributed by atoms with van der Waals surface area (Å²) in [6.07, 6.45) is 8.65. The summed E-state index contributed by atoms with van der Waals surface area (Å²) in [5.74, 6) is 2.93. The van der Waals surface area contributed by atoms with Gasteiger partial charge in [0.05, 0.1) is 12.4 Å². The van der Waals surface area contributed by atoms with Gasteiger partial charge in [-0.1, -0.05) is 31.1 Å². The summed E-state index contributed by atoms with van der Waals surface area (Å²) < 4.78 is 7.56. The number of nitrogens with zero attached hydrogens (tertiary/aromatic N) is 6. The number of piperidine rings is 1. The molecule has 32 heavy (non-hydrogen) atoms. The summed E-state index contributed by atoms with van der Waals surface area (Å²) in [7, 11) is 0. The van der Waals surface area contributed by atoms with E-state index in [0.29, 0.717) is 17.9 Å². The van der Waals surface area contributed by atoms with Crippen LogP contribution in [0.4, 0.5) is 0 Å². The van der Waals surface area contributed by atoms with E-state index in [1.165, 1.54) is 5.56 Å². The van der Waals surface area contributed by atoms with Gasteiger partial charge in [-0.15, -0.1) is 0 Å². The molecule has 3 aromatic rings. The summed E-state index contributed by atoms with van der Waals surface area (Å²) in [5.41, 5.74) is 2.19. The van der Waals surface area contributed by atoms with Crippen LogP contribution in [0.2, 0.25) is 0 Å². The van der Waals surface area contributed by atoms with Crippen LogP contribution >= 0.6 is 0 Å². The van der Waals surface area contributed by atoms with Crippen molar-refractivity contribution in [1.29, 1.82) is 0 Å². The molecule has 0 radical (unpaired) electrons. The third kappa shape index (κ3) is 5.18. The number of guanidine groups is 1. The van der Waals surface area contributed by atoms with E-state index in [4.69, 9.17) is 9.52 Å². The Balaban J connectivity index is 1.38. The molecule has 8 heteroatoms. The maximum absolute atomic E-state index is 5.33. The second-order valence-electron chi connectivity index (χ2n) is 8.34. The van der Waals surface area contributed by atoms with Crippen molar-refractivity contribution in [1.82, 2.24) is 29.9 Å². The summed E-state index contributed by atoms with van der Waals surface area (Å²) in [4.78, 5) is 16.0. The van der Waals surface area contributed by atoms with Crippen molar-refractivity contribution in [2.75, 3.05) is 26.2 Å². The molecule has 1 aliphatic heterocycles. The first-order valence-electron chi connectivity index (χ1n) is 11.6. The zero-order chi connectivity index (χ0) is 22.3. The van der Waals surface area contributed by atoms with Crippen molar-refractivity contribution in [3.05, 3.63) is 54.4 Å². The number of rotatable bonds is 7. The molecule has 3 heterocycles. The molecule has 1 fully saturated rings. The van der Waals surface area contributed by atoms with Crippen LogP contribution in [0.1, 0.15) is 44.6 Å². The number of benzene rings is 1. The van der Waals surface area contributed by atoms with E-state index in [0.717, 1.165) is 62.8 Å². The number of likely N-dealkylation sites (tertiary alicyclic amines) is 1. The Kier molecular flexibility index (Phi) is 7.19. The molecular weight excluding hydrogens is 402 g/mol. The van der Waals surface area contributed by atoms with E-state index in [1.54, 1.807) is 0 Å². The van der Waals surface area contributed by atoms with E-state index in [1.807, 2.05) is 31.6 Å². The number of aliphatic imine (C=N–C) groups is 1. The van der Waals surface area contributed by atoms with E-state index >= 15 is 0 Å². The van der Waals surface area contributed by atoms with Gasteiger partial charge in [0, 0.05) is 50.6 Å². The molecule has 2 atom stereocenters. The van der Waals surface area contributed by atoms with E-state index < -0.39 is 0 Å². The van der Waals surface area contributed by atoms with Crippen LogP contribution in [0.3, 0.4) is 0 Å². The molecule has 1 aromatic carbocycles. The van der Waals surface area contributed by atoms with Crippen LogP contribution in [-0.2, 0) is 12.8 Å². The third-order valence-electron chi connectivity index (χ3n) is 6.11. The van der Waals surface area contributed by atoms with Gasteiger partial charge in [0.25, 0.3) is 5.89 Å². The second kappa shape index (κ2) is 10.4. The van der Waals surface area contributed by atoms with Crippen LogP contribution in [-0.4, -0.2) is 56.7 Å². The fraction of sp³-hybridized carbons (Fsp3) is 0.500. The standard InChI is InChI=1S/C24H33N7O/c1-4-22-28-23(32-29-22)20-8-6-19(7-9-20)10-12-27-24(26-5-2)30-14-11-18(3)21(16-30)31-15-13-25-17-31/h6-9,13,15,17-18,21H,4-5,10-12,14,16H2,1-3H3,(H,26,27). The molecule has 1 aliphatic rings. The van der Waals surface area contributed by atoms with Crippen molar-refractivity contribution >= 4 is 5.96 Å². The van der Waals surface area contributed by atoms with E-state index in [9.17, 15) is 0 Å². The Hall–Kier alpha value is -3.16. The van der Waals surface area contributed by atoms with Crippen molar-refractivity contribution in [3.63, 3.8) is 0 Å². The van der Waals surface area contributed by atoms with Crippen molar-refractivity contribution in [2.24, 2.45) is 10.9 Å². The molecule has 8 nitrogen and oxygen atoms in total. The van der Waals surface area contributed by atoms with E-state index in [2.05, 4.69) is 62.1 Å². The SMILES string of the molecule is CCNC(=NCCc1ccc(-c2nc(CC)no2)cc1)N1CCC(C)C(n2ccnc2)C1. The van der Waals surface area contributed by atoms with Crippen molar-refractivity contribution in [3.8, 4) is 11.5 Å². The van der Waals surface area contributed by atoms with Crippen LogP contribution in [0, 0.1) is 5.92 Å². The first-order valence-corrected chi connectivity index (χ1v) is 11.6. The number of aromatic nitrogens is 4. The van der Waals surface area contributed by atoms with Crippen LogP contribution in [0.25, 0.3) is 11.5 Å². The predicted molar refractivity (Wildman–Crippen MR) is 125 cm³/mol. The fourth-order valence-electron chi connectivity index (χ4n) is 4.14. The molecule has 0 bridgehead atoms. The average Bonchev–Trinajstić information content (AvgIpc) is 3.52. The quantitative estimate of drug-likeness (QED) is 0.451. The minimum Gasteiger partial charge on any atom is -0.357 e. The predicted octanol–water partition coefficient (Wildman–Crippen LogP) is 3.59. The van der Waals surface area contributed by atoms with Gasteiger partial charge in [0.1, 0.15) is 0 Å². The Bertz CT molecular complexity index is 994. The molecule has 2 unspecified atom stereocenters. The minimum atomic E-state index is 0.417. The lowest BCUT2D eigenvalue weighted by Gasteiger charge is -2.39. The molecule has 0 spiro atoms. The Morgan fingerprint density at radius 3 is 2.78 bits per heavy atom. The Morgan fingerprint density at radius 1 is 1.25 bits per heavy atom. The Morgan fingerprint density at radius 2 is 2.09 bits per heavy atom. The lowest BCUT2D eigenvalue weighted by Crippen LogP contribution is -2.49. The fourth-order valence-corrected chi connectivity index (χ4v) is 4.14. The highest BCUT2D eigenvalue weighted by atomic mass is 16.5. The van der Waals surface area contributed by atoms with Gasteiger partial charge < -0.3 is 19.3 Å². The van der Waals surface area contributed by atoms with Gasteiger partial charge in [0.15, 0.2) is 11.8 Å². The number of aryl methyl sites for hydroxylation is 1. The molecule has 0 saturated carbocycles. The van der Waals surface area contributed by atoms with Gasteiger partial charge >= 0.3 is 0 Å². The third-order valence-corrected chi connectivity index (χ3v) is 6.11. The van der Waals surface area contributed by atoms with Gasteiger partial charge in [-0.2, -0.15) is 4.98 Å². The maximum atomic E-state index is 5.33. The molecule has 1 saturated heterocycles. The molecule has 0 aliphatic carbocycles. The number of nitrogens with one attached hydrogen (secondary N) is 1. The molecule has 4 rings (SSSR count). The lowest BCUT2D eigenvalue weighted by atomic mass is 9.93. The molecule has 0 amide bonds. The summed E-state index contributed by atoms with van der Waals surface area (Å²) in [6, 6.07) is 8.73. The normalized spacial score (nSPS) is 19.3. The highest BCUT2D eigenvalue weighted by Crippen LogP contribution is 2.27. The van der Waals surface area contributed by atoms with Gasteiger partial charge in [-0.05, 0) is 43.4 Å².